The molecule has 1 atom stereocenters. The molecule has 0 bridgehead atoms. The molecule has 0 heterocycles. The summed E-state index contributed by atoms with van der Waals surface area (Å²) >= 11 is 0. The van der Waals surface area contributed by atoms with E-state index in [1.807, 2.05) is 0 Å². The van der Waals surface area contributed by atoms with Crippen LogP contribution in [-0.2, 0) is 14.4 Å². The average Bonchev–Trinajstić information content (AvgIpc) is 2.39. The second-order valence-electron chi connectivity index (χ2n) is 4.48. The lowest BCUT2D eigenvalue weighted by Crippen LogP contribution is -2.49. The van der Waals surface area contributed by atoms with Gasteiger partial charge in [-0.15, -0.1) is 0 Å². The van der Waals surface area contributed by atoms with Crippen molar-refractivity contribution in [1.29, 1.82) is 0 Å². The number of aryl methyl sites for hydroxylation is 1. The summed E-state index contributed by atoms with van der Waals surface area (Å²) in [4.78, 5) is 33.3. The van der Waals surface area contributed by atoms with E-state index in [1.54, 1.807) is 19.1 Å². The first-order valence-corrected chi connectivity index (χ1v) is 6.06. The fourth-order valence-corrected chi connectivity index (χ4v) is 1.49. The number of alkyl halides is 3. The van der Waals surface area contributed by atoms with Crippen molar-refractivity contribution in [2.75, 3.05) is 5.32 Å². The average molecular weight is 318 g/mol. The van der Waals surface area contributed by atoms with Crippen LogP contribution in [0.3, 0.4) is 0 Å². The zero-order valence-corrected chi connectivity index (χ0v) is 11.4. The molecule has 1 unspecified atom stereocenters. The van der Waals surface area contributed by atoms with Gasteiger partial charge >= 0.3 is 18.1 Å². The minimum absolute atomic E-state index is 0.271. The number of amides is 2. The summed E-state index contributed by atoms with van der Waals surface area (Å²) in [5, 5.41) is 12.2. The Bertz CT molecular complexity index is 570. The summed E-state index contributed by atoms with van der Waals surface area (Å²) in [5.74, 6) is -4.95. The van der Waals surface area contributed by atoms with Gasteiger partial charge in [-0.25, -0.2) is 0 Å². The van der Waals surface area contributed by atoms with E-state index in [0.717, 1.165) is 5.56 Å². The molecule has 0 aromatic heterocycles. The Labute approximate surface area is 123 Å². The normalized spacial score (nSPS) is 12.4. The summed E-state index contributed by atoms with van der Waals surface area (Å²) < 4.78 is 36.6. The fraction of sp³-hybridized carbons (Fsp3) is 0.308. The molecule has 0 saturated heterocycles. The van der Waals surface area contributed by atoms with Gasteiger partial charge in [-0.3, -0.25) is 14.4 Å². The first-order chi connectivity index (χ1) is 10.1. The summed E-state index contributed by atoms with van der Waals surface area (Å²) in [7, 11) is 0. The number of halogens is 3. The standard InChI is InChI=1S/C13H13F3N2O4/c1-7-2-4-8(5-3-7)17-11(21)9(6-10(19)20)18-12(22)13(14,15)16/h2-5,9H,6H2,1H3,(H,17,21)(H,18,22)(H,19,20). The van der Waals surface area contributed by atoms with Crippen LogP contribution in [0, 0.1) is 6.92 Å². The van der Waals surface area contributed by atoms with Crippen LogP contribution in [0.2, 0.25) is 0 Å². The molecular formula is C13H13F3N2O4. The van der Waals surface area contributed by atoms with E-state index >= 15 is 0 Å². The molecule has 0 aliphatic carbocycles. The van der Waals surface area contributed by atoms with Crippen LogP contribution in [0.4, 0.5) is 18.9 Å². The van der Waals surface area contributed by atoms with Crippen molar-refractivity contribution < 1.29 is 32.7 Å². The maximum atomic E-state index is 12.2. The molecule has 0 saturated carbocycles. The molecule has 0 aliphatic heterocycles. The molecule has 0 radical (unpaired) electrons. The number of nitrogens with one attached hydrogen (secondary N) is 2. The summed E-state index contributed by atoms with van der Waals surface area (Å²) in [6, 6.07) is 4.45. The highest BCUT2D eigenvalue weighted by Crippen LogP contribution is 2.15. The molecule has 2 amide bonds. The first kappa shape index (κ1) is 17.5. The highest BCUT2D eigenvalue weighted by Gasteiger charge is 2.41. The van der Waals surface area contributed by atoms with Crippen LogP contribution >= 0.6 is 0 Å². The molecule has 120 valence electrons. The number of benzene rings is 1. The van der Waals surface area contributed by atoms with Gasteiger partial charge in [0.1, 0.15) is 6.04 Å². The molecule has 1 rings (SSSR count). The van der Waals surface area contributed by atoms with E-state index in [1.165, 1.54) is 17.4 Å². The predicted octanol–water partition coefficient (Wildman–Crippen LogP) is 1.46. The predicted molar refractivity (Wildman–Crippen MR) is 70.0 cm³/mol. The van der Waals surface area contributed by atoms with E-state index in [9.17, 15) is 27.6 Å². The van der Waals surface area contributed by atoms with Gasteiger partial charge in [-0.05, 0) is 19.1 Å². The van der Waals surface area contributed by atoms with Gasteiger partial charge < -0.3 is 15.7 Å². The second-order valence-corrected chi connectivity index (χ2v) is 4.48. The van der Waals surface area contributed by atoms with Crippen LogP contribution in [-0.4, -0.2) is 35.1 Å². The number of aliphatic carboxylic acids is 1. The number of carboxylic acid groups (broad SMARTS) is 1. The smallest absolute Gasteiger partial charge is 0.471 e. The largest absolute Gasteiger partial charge is 0.481 e. The van der Waals surface area contributed by atoms with E-state index in [-0.39, 0.29) is 5.69 Å². The van der Waals surface area contributed by atoms with Gasteiger partial charge in [0.15, 0.2) is 0 Å². The molecule has 1 aromatic carbocycles. The lowest BCUT2D eigenvalue weighted by Gasteiger charge is -2.17. The van der Waals surface area contributed by atoms with Crippen molar-refractivity contribution >= 4 is 23.5 Å². The van der Waals surface area contributed by atoms with Crippen LogP contribution in [0.5, 0.6) is 0 Å². The summed E-state index contributed by atoms with van der Waals surface area (Å²) in [6.07, 6.45) is -6.18. The third-order valence-electron chi connectivity index (χ3n) is 2.58. The Hall–Kier alpha value is -2.58. The minimum Gasteiger partial charge on any atom is -0.481 e. The van der Waals surface area contributed by atoms with Crippen molar-refractivity contribution in [1.82, 2.24) is 5.32 Å². The quantitative estimate of drug-likeness (QED) is 0.766. The Balaban J connectivity index is 2.82. The van der Waals surface area contributed by atoms with E-state index in [0.29, 0.717) is 0 Å². The van der Waals surface area contributed by atoms with Gasteiger partial charge in [-0.1, -0.05) is 17.7 Å². The topological polar surface area (TPSA) is 95.5 Å². The van der Waals surface area contributed by atoms with Crippen molar-refractivity contribution in [3.05, 3.63) is 29.8 Å². The van der Waals surface area contributed by atoms with Crippen LogP contribution < -0.4 is 10.6 Å². The Morgan fingerprint density at radius 3 is 2.18 bits per heavy atom. The van der Waals surface area contributed by atoms with Crippen molar-refractivity contribution in [3.8, 4) is 0 Å². The van der Waals surface area contributed by atoms with Gasteiger partial charge in [0.25, 0.3) is 0 Å². The second kappa shape index (κ2) is 6.92. The zero-order valence-electron chi connectivity index (χ0n) is 11.4. The van der Waals surface area contributed by atoms with E-state index in [2.05, 4.69) is 5.32 Å². The molecule has 1 aromatic rings. The molecule has 9 heteroatoms. The van der Waals surface area contributed by atoms with Crippen molar-refractivity contribution in [2.45, 2.75) is 25.6 Å². The highest BCUT2D eigenvalue weighted by molar-refractivity contribution is 5.99. The molecule has 0 spiro atoms. The van der Waals surface area contributed by atoms with Gasteiger partial charge in [0.05, 0.1) is 6.42 Å². The molecule has 6 nitrogen and oxygen atoms in total. The van der Waals surface area contributed by atoms with Crippen molar-refractivity contribution in [3.63, 3.8) is 0 Å². The number of carbonyl (C=O) groups excluding carboxylic acids is 2. The molecule has 0 aliphatic rings. The first-order valence-electron chi connectivity index (χ1n) is 6.06. The Morgan fingerprint density at radius 2 is 1.73 bits per heavy atom. The molecule has 3 N–H and O–H groups in total. The Kier molecular flexibility index (Phi) is 5.50. The summed E-state index contributed by atoms with van der Waals surface area (Å²) in [6.45, 7) is 1.79. The SMILES string of the molecule is Cc1ccc(NC(=O)C(CC(=O)O)NC(=O)C(F)(F)F)cc1. The highest BCUT2D eigenvalue weighted by atomic mass is 19.4. The monoisotopic (exact) mass is 318 g/mol. The zero-order chi connectivity index (χ0) is 16.9. The van der Waals surface area contributed by atoms with Crippen LogP contribution in [0.1, 0.15) is 12.0 Å². The number of anilines is 1. The van der Waals surface area contributed by atoms with E-state index < -0.39 is 36.4 Å². The number of hydrogen-bond donors (Lipinski definition) is 3. The third kappa shape index (κ3) is 5.43. The van der Waals surface area contributed by atoms with Crippen LogP contribution in [0.25, 0.3) is 0 Å². The van der Waals surface area contributed by atoms with E-state index in [4.69, 9.17) is 5.11 Å². The third-order valence-corrected chi connectivity index (χ3v) is 2.58. The number of carboxylic acids is 1. The van der Waals surface area contributed by atoms with Gasteiger partial charge in [-0.2, -0.15) is 13.2 Å². The molecule has 22 heavy (non-hydrogen) atoms. The maximum absolute atomic E-state index is 12.2. The molecule has 0 fully saturated rings. The van der Waals surface area contributed by atoms with Gasteiger partial charge in [0.2, 0.25) is 5.91 Å². The molecular weight excluding hydrogens is 305 g/mol. The lowest BCUT2D eigenvalue weighted by atomic mass is 10.1. The maximum Gasteiger partial charge on any atom is 0.471 e. The van der Waals surface area contributed by atoms with Crippen molar-refractivity contribution in [2.24, 2.45) is 0 Å². The fourth-order valence-electron chi connectivity index (χ4n) is 1.49. The number of rotatable bonds is 5. The Morgan fingerprint density at radius 1 is 1.18 bits per heavy atom. The number of carbonyl (C=O) groups is 3. The number of hydrogen-bond acceptors (Lipinski definition) is 3. The lowest BCUT2D eigenvalue weighted by molar-refractivity contribution is -0.174. The summed E-state index contributed by atoms with van der Waals surface area (Å²) in [5.41, 5.74) is 1.16. The van der Waals surface area contributed by atoms with Crippen LogP contribution in [0.15, 0.2) is 24.3 Å². The minimum atomic E-state index is -5.21. The van der Waals surface area contributed by atoms with Gasteiger partial charge in [0, 0.05) is 5.69 Å².